The van der Waals surface area contributed by atoms with Crippen molar-refractivity contribution in [3.8, 4) is 0 Å². The minimum Gasteiger partial charge on any atom is -0.550 e. The van der Waals surface area contributed by atoms with Gasteiger partial charge >= 0.3 is 12.1 Å². The summed E-state index contributed by atoms with van der Waals surface area (Å²) in [6.07, 6.45) is -7.60. The Balaban J connectivity index is 5.04. The molecule has 7 heteroatoms. The van der Waals surface area contributed by atoms with Crippen LogP contribution in [0.15, 0.2) is 0 Å². The van der Waals surface area contributed by atoms with Gasteiger partial charge in [0.1, 0.15) is 0 Å². The number of carbonyl (C=O) groups excluding carboxylic acids is 2. The molecular formula is C15H24F3O4-. The van der Waals surface area contributed by atoms with Crippen molar-refractivity contribution in [1.82, 2.24) is 0 Å². The zero-order valence-corrected chi connectivity index (χ0v) is 13.4. The predicted molar refractivity (Wildman–Crippen MR) is 72.6 cm³/mol. The molecule has 0 fully saturated rings. The lowest BCUT2D eigenvalue weighted by molar-refractivity contribution is -0.305. The van der Waals surface area contributed by atoms with Crippen LogP contribution in [0.4, 0.5) is 13.2 Å². The van der Waals surface area contributed by atoms with Crippen LogP contribution >= 0.6 is 0 Å². The summed E-state index contributed by atoms with van der Waals surface area (Å²) < 4.78 is 44.2. The average Bonchev–Trinajstić information content (AvgIpc) is 2.29. The molecule has 0 aromatic heterocycles. The maximum atomic E-state index is 13.2. The number of rotatable bonds is 9. The molecule has 0 aliphatic heterocycles. The minimum atomic E-state index is -4.68. The Bertz CT molecular complexity index is 354. The van der Waals surface area contributed by atoms with Crippen LogP contribution in [0.1, 0.15) is 53.4 Å². The fraction of sp³-hybridized carbons (Fsp3) is 0.867. The van der Waals surface area contributed by atoms with Crippen molar-refractivity contribution in [2.45, 2.75) is 65.7 Å². The summed E-state index contributed by atoms with van der Waals surface area (Å²) in [6, 6.07) is 0. The van der Waals surface area contributed by atoms with E-state index < -0.39 is 43.0 Å². The third-order valence-electron chi connectivity index (χ3n) is 3.09. The SMILES string of the molecule is CC(C)CC(CC(C)C)C(OC(=O)CCC(=O)[O-])C(F)(F)F. The molecule has 0 heterocycles. The molecule has 0 aliphatic rings. The van der Waals surface area contributed by atoms with E-state index in [9.17, 15) is 27.9 Å². The number of halogens is 3. The van der Waals surface area contributed by atoms with E-state index in [0.717, 1.165) is 0 Å². The van der Waals surface area contributed by atoms with Gasteiger partial charge in [-0.05, 0) is 31.1 Å². The predicted octanol–water partition coefficient (Wildman–Crippen LogP) is 2.70. The molecule has 0 radical (unpaired) electrons. The molecule has 0 spiro atoms. The van der Waals surface area contributed by atoms with Crippen LogP contribution < -0.4 is 5.11 Å². The maximum Gasteiger partial charge on any atom is 0.425 e. The molecule has 0 aromatic carbocycles. The summed E-state index contributed by atoms with van der Waals surface area (Å²) in [5.41, 5.74) is 0. The third-order valence-corrected chi connectivity index (χ3v) is 3.09. The quantitative estimate of drug-likeness (QED) is 0.611. The lowest BCUT2D eigenvalue weighted by atomic mass is 9.85. The van der Waals surface area contributed by atoms with Crippen molar-refractivity contribution in [2.75, 3.05) is 0 Å². The van der Waals surface area contributed by atoms with Gasteiger partial charge < -0.3 is 14.6 Å². The second-order valence-electron chi connectivity index (χ2n) is 6.34. The number of alkyl halides is 3. The van der Waals surface area contributed by atoms with Gasteiger partial charge in [-0.3, -0.25) is 4.79 Å². The van der Waals surface area contributed by atoms with E-state index in [1.807, 2.05) is 0 Å². The van der Waals surface area contributed by atoms with Crippen LogP contribution in [-0.2, 0) is 14.3 Å². The Kier molecular flexibility index (Phi) is 8.48. The second kappa shape index (κ2) is 9.00. The first-order chi connectivity index (χ1) is 9.93. The lowest BCUT2D eigenvalue weighted by Gasteiger charge is -2.31. The molecule has 0 bridgehead atoms. The van der Waals surface area contributed by atoms with Crippen molar-refractivity contribution < 1.29 is 32.6 Å². The van der Waals surface area contributed by atoms with Gasteiger partial charge in [0.25, 0.3) is 0 Å². The first kappa shape index (κ1) is 20.7. The Morgan fingerprint density at radius 2 is 1.45 bits per heavy atom. The summed E-state index contributed by atoms with van der Waals surface area (Å²) in [6.45, 7) is 7.22. The van der Waals surface area contributed by atoms with Crippen LogP contribution in [0.2, 0.25) is 0 Å². The van der Waals surface area contributed by atoms with E-state index in [4.69, 9.17) is 0 Å². The van der Waals surface area contributed by atoms with Crippen molar-refractivity contribution in [1.29, 1.82) is 0 Å². The highest BCUT2D eigenvalue weighted by molar-refractivity contribution is 5.75. The average molecular weight is 325 g/mol. The molecule has 0 rings (SSSR count). The van der Waals surface area contributed by atoms with Crippen molar-refractivity contribution >= 4 is 11.9 Å². The lowest BCUT2D eigenvalue weighted by Crippen LogP contribution is -2.41. The largest absolute Gasteiger partial charge is 0.550 e. The molecular weight excluding hydrogens is 301 g/mol. The summed E-state index contributed by atoms with van der Waals surface area (Å²) in [5.74, 6) is -3.46. The highest BCUT2D eigenvalue weighted by atomic mass is 19.4. The number of hydrogen-bond donors (Lipinski definition) is 0. The zero-order chi connectivity index (χ0) is 17.5. The minimum absolute atomic E-state index is 0.0236. The standard InChI is InChI=1S/C15H25F3O4/c1-9(2)7-11(8-10(3)4)14(15(16,17)18)22-13(21)6-5-12(19)20/h9-11,14H,5-8H2,1-4H3,(H,19,20)/p-1. The Morgan fingerprint density at radius 3 is 1.77 bits per heavy atom. The summed E-state index contributed by atoms with van der Waals surface area (Å²) >= 11 is 0. The number of carboxylic acid groups (broad SMARTS) is 1. The summed E-state index contributed by atoms with van der Waals surface area (Å²) in [7, 11) is 0. The topological polar surface area (TPSA) is 66.4 Å². The van der Waals surface area contributed by atoms with Crippen LogP contribution in [0.3, 0.4) is 0 Å². The van der Waals surface area contributed by atoms with E-state index in [1.165, 1.54) is 0 Å². The number of carbonyl (C=O) groups is 2. The number of carboxylic acids is 1. The molecule has 1 unspecified atom stereocenters. The van der Waals surface area contributed by atoms with E-state index in [0.29, 0.717) is 0 Å². The summed E-state index contributed by atoms with van der Waals surface area (Å²) in [5, 5.41) is 10.3. The van der Waals surface area contributed by atoms with Gasteiger partial charge in [-0.1, -0.05) is 27.7 Å². The normalized spacial score (nSPS) is 13.7. The zero-order valence-electron chi connectivity index (χ0n) is 13.4. The van der Waals surface area contributed by atoms with Gasteiger partial charge in [-0.2, -0.15) is 13.2 Å². The molecule has 1 atom stereocenters. The molecule has 0 N–H and O–H groups in total. The second-order valence-corrected chi connectivity index (χ2v) is 6.34. The first-order valence-electron chi connectivity index (χ1n) is 7.39. The molecule has 130 valence electrons. The van der Waals surface area contributed by atoms with Gasteiger partial charge in [-0.15, -0.1) is 0 Å². The van der Waals surface area contributed by atoms with Gasteiger partial charge in [0.2, 0.25) is 0 Å². The fourth-order valence-electron chi connectivity index (χ4n) is 2.39. The van der Waals surface area contributed by atoms with Crippen LogP contribution in [0.25, 0.3) is 0 Å². The van der Waals surface area contributed by atoms with Crippen molar-refractivity contribution in [2.24, 2.45) is 17.8 Å². The van der Waals surface area contributed by atoms with Gasteiger partial charge in [0.05, 0.1) is 6.42 Å². The van der Waals surface area contributed by atoms with E-state index >= 15 is 0 Å². The molecule has 0 aromatic rings. The van der Waals surface area contributed by atoms with E-state index in [-0.39, 0.29) is 24.7 Å². The van der Waals surface area contributed by atoms with Crippen molar-refractivity contribution in [3.05, 3.63) is 0 Å². The van der Waals surface area contributed by atoms with Gasteiger partial charge in [0.15, 0.2) is 6.10 Å². The maximum absolute atomic E-state index is 13.2. The number of aliphatic carboxylic acids is 1. The monoisotopic (exact) mass is 325 g/mol. The molecule has 0 saturated carbocycles. The molecule has 22 heavy (non-hydrogen) atoms. The Labute approximate surface area is 129 Å². The van der Waals surface area contributed by atoms with E-state index in [1.54, 1.807) is 27.7 Å². The number of esters is 1. The molecule has 0 amide bonds. The van der Waals surface area contributed by atoms with Crippen molar-refractivity contribution in [3.63, 3.8) is 0 Å². The fourth-order valence-corrected chi connectivity index (χ4v) is 2.39. The molecule has 0 aliphatic carbocycles. The Morgan fingerprint density at radius 1 is 1.00 bits per heavy atom. The highest BCUT2D eigenvalue weighted by Gasteiger charge is 2.47. The van der Waals surface area contributed by atoms with E-state index in [2.05, 4.69) is 4.74 Å². The summed E-state index contributed by atoms with van der Waals surface area (Å²) in [4.78, 5) is 21.7. The molecule has 0 saturated heterocycles. The Hall–Kier alpha value is -1.27. The van der Waals surface area contributed by atoms with Gasteiger partial charge in [0, 0.05) is 11.9 Å². The smallest absolute Gasteiger partial charge is 0.425 e. The first-order valence-corrected chi connectivity index (χ1v) is 7.39. The highest BCUT2D eigenvalue weighted by Crippen LogP contribution is 2.35. The van der Waals surface area contributed by atoms with Crippen LogP contribution in [0.5, 0.6) is 0 Å². The van der Waals surface area contributed by atoms with Crippen LogP contribution in [0, 0.1) is 17.8 Å². The van der Waals surface area contributed by atoms with Crippen LogP contribution in [-0.4, -0.2) is 24.2 Å². The number of ether oxygens (including phenoxy) is 1. The number of hydrogen-bond acceptors (Lipinski definition) is 4. The van der Waals surface area contributed by atoms with Gasteiger partial charge in [-0.25, -0.2) is 0 Å². The molecule has 4 nitrogen and oxygen atoms in total. The third kappa shape index (κ3) is 8.89.